The van der Waals surface area contributed by atoms with Gasteiger partial charge in [0, 0.05) is 0 Å². The number of carbonyl (C=O) groups excluding carboxylic acids is 1. The maximum Gasteiger partial charge on any atom is 0.142 e. The van der Waals surface area contributed by atoms with E-state index in [1.165, 1.54) is 5.19 Å². The van der Waals surface area contributed by atoms with Crippen LogP contribution in [0.1, 0.15) is 12.0 Å². The Hall–Kier alpha value is -2.01. The highest BCUT2D eigenvalue weighted by Gasteiger charge is 2.29. The SMILES string of the molecule is C[Si](C)(/C(=C/C=O)CC(O)COCc1ccccc1)c1ccccc1. The summed E-state index contributed by atoms with van der Waals surface area (Å²) in [6.45, 7) is 5.14. The van der Waals surface area contributed by atoms with Gasteiger partial charge in [-0.3, -0.25) is 4.79 Å². The van der Waals surface area contributed by atoms with E-state index in [-0.39, 0.29) is 6.61 Å². The van der Waals surface area contributed by atoms with Gasteiger partial charge in [0.15, 0.2) is 0 Å². The lowest BCUT2D eigenvalue weighted by Gasteiger charge is -2.28. The molecule has 0 radical (unpaired) electrons. The summed E-state index contributed by atoms with van der Waals surface area (Å²) in [7, 11) is -1.98. The van der Waals surface area contributed by atoms with E-state index in [0.29, 0.717) is 13.0 Å². The van der Waals surface area contributed by atoms with Crippen molar-refractivity contribution in [1.29, 1.82) is 0 Å². The second-order valence-corrected chi connectivity index (χ2v) is 11.1. The molecule has 25 heavy (non-hydrogen) atoms. The van der Waals surface area contributed by atoms with Crippen LogP contribution in [0.5, 0.6) is 0 Å². The summed E-state index contributed by atoms with van der Waals surface area (Å²) in [6, 6.07) is 20.1. The molecule has 1 unspecified atom stereocenters. The van der Waals surface area contributed by atoms with Crippen LogP contribution < -0.4 is 5.19 Å². The Balaban J connectivity index is 1.96. The number of hydrogen-bond acceptors (Lipinski definition) is 3. The molecule has 0 saturated heterocycles. The molecule has 3 nitrogen and oxygen atoms in total. The zero-order valence-corrected chi connectivity index (χ0v) is 15.9. The highest BCUT2D eigenvalue weighted by atomic mass is 28.3. The molecule has 0 amide bonds. The Morgan fingerprint density at radius 1 is 1.08 bits per heavy atom. The summed E-state index contributed by atoms with van der Waals surface area (Å²) in [4.78, 5) is 11.1. The predicted octanol–water partition coefficient (Wildman–Crippen LogP) is 3.23. The van der Waals surface area contributed by atoms with Crippen LogP contribution in [-0.2, 0) is 16.1 Å². The first-order valence-corrected chi connectivity index (χ1v) is 11.5. The summed E-state index contributed by atoms with van der Waals surface area (Å²) in [5.74, 6) is 0. The van der Waals surface area contributed by atoms with Crippen molar-refractivity contribution in [2.75, 3.05) is 6.61 Å². The van der Waals surface area contributed by atoms with Crippen molar-refractivity contribution in [3.63, 3.8) is 0 Å². The van der Waals surface area contributed by atoms with E-state index in [9.17, 15) is 9.90 Å². The van der Waals surface area contributed by atoms with E-state index >= 15 is 0 Å². The van der Waals surface area contributed by atoms with Crippen molar-refractivity contribution in [2.45, 2.75) is 32.2 Å². The molecule has 0 heterocycles. The van der Waals surface area contributed by atoms with Crippen LogP contribution in [0.4, 0.5) is 0 Å². The first-order chi connectivity index (χ1) is 12.0. The van der Waals surface area contributed by atoms with Crippen LogP contribution in [0.3, 0.4) is 0 Å². The maximum absolute atomic E-state index is 11.1. The summed E-state index contributed by atoms with van der Waals surface area (Å²) < 4.78 is 5.63. The van der Waals surface area contributed by atoms with Crippen LogP contribution in [0.15, 0.2) is 71.9 Å². The number of rotatable bonds is 9. The zero-order chi connectivity index (χ0) is 18.1. The topological polar surface area (TPSA) is 46.5 Å². The van der Waals surface area contributed by atoms with Gasteiger partial charge >= 0.3 is 0 Å². The number of ether oxygens (including phenoxy) is 1. The molecule has 0 aromatic heterocycles. The number of carbonyl (C=O) groups is 1. The van der Waals surface area contributed by atoms with E-state index in [4.69, 9.17) is 4.74 Å². The van der Waals surface area contributed by atoms with Gasteiger partial charge in [-0.15, -0.1) is 0 Å². The van der Waals surface area contributed by atoms with E-state index < -0.39 is 14.2 Å². The Bertz CT molecular complexity index is 681. The molecule has 0 saturated carbocycles. The van der Waals surface area contributed by atoms with Crippen molar-refractivity contribution in [2.24, 2.45) is 0 Å². The monoisotopic (exact) mass is 354 g/mol. The molecule has 0 aliphatic carbocycles. The molecule has 1 atom stereocenters. The zero-order valence-electron chi connectivity index (χ0n) is 14.9. The van der Waals surface area contributed by atoms with Crippen molar-refractivity contribution in [3.05, 3.63) is 77.5 Å². The van der Waals surface area contributed by atoms with Crippen LogP contribution in [0.25, 0.3) is 0 Å². The number of aldehydes is 1. The Morgan fingerprint density at radius 3 is 2.28 bits per heavy atom. The lowest BCUT2D eigenvalue weighted by Crippen LogP contribution is -2.45. The first-order valence-electron chi connectivity index (χ1n) is 8.54. The number of aliphatic hydroxyl groups excluding tert-OH is 1. The molecule has 132 valence electrons. The summed E-state index contributed by atoms with van der Waals surface area (Å²) in [5, 5.41) is 12.7. The van der Waals surface area contributed by atoms with Gasteiger partial charge in [-0.25, -0.2) is 0 Å². The molecule has 2 aromatic rings. The van der Waals surface area contributed by atoms with Gasteiger partial charge in [-0.1, -0.05) is 84.1 Å². The van der Waals surface area contributed by atoms with Crippen molar-refractivity contribution < 1.29 is 14.6 Å². The molecular weight excluding hydrogens is 328 g/mol. The van der Waals surface area contributed by atoms with Crippen LogP contribution in [0.2, 0.25) is 13.1 Å². The van der Waals surface area contributed by atoms with Crippen molar-refractivity contribution in [3.8, 4) is 0 Å². The summed E-state index contributed by atoms with van der Waals surface area (Å²) in [5.41, 5.74) is 1.08. The number of benzene rings is 2. The Morgan fingerprint density at radius 2 is 1.68 bits per heavy atom. The van der Waals surface area contributed by atoms with Gasteiger partial charge in [0.25, 0.3) is 0 Å². The summed E-state index contributed by atoms with van der Waals surface area (Å²) in [6.07, 6.45) is 2.29. The third-order valence-electron chi connectivity index (χ3n) is 4.44. The van der Waals surface area contributed by atoms with Gasteiger partial charge < -0.3 is 9.84 Å². The van der Waals surface area contributed by atoms with E-state index in [2.05, 4.69) is 25.2 Å². The smallest absolute Gasteiger partial charge is 0.142 e. The van der Waals surface area contributed by atoms with Gasteiger partial charge in [0.1, 0.15) is 14.4 Å². The highest BCUT2D eigenvalue weighted by Crippen LogP contribution is 2.20. The normalized spacial score (nSPS) is 13.5. The number of allylic oxidation sites excluding steroid dienone is 1. The Labute approximate surface area is 151 Å². The van der Waals surface area contributed by atoms with E-state index in [1.54, 1.807) is 6.08 Å². The molecule has 2 aromatic carbocycles. The lowest BCUT2D eigenvalue weighted by molar-refractivity contribution is -0.104. The average molecular weight is 355 g/mol. The van der Waals surface area contributed by atoms with Crippen molar-refractivity contribution in [1.82, 2.24) is 0 Å². The fraction of sp³-hybridized carbons (Fsp3) is 0.286. The minimum absolute atomic E-state index is 0.254. The maximum atomic E-state index is 11.1. The number of hydrogen-bond donors (Lipinski definition) is 1. The van der Waals surface area contributed by atoms with Gasteiger partial charge in [-0.2, -0.15) is 0 Å². The fourth-order valence-corrected chi connectivity index (χ4v) is 5.48. The molecule has 0 bridgehead atoms. The van der Waals surface area contributed by atoms with Gasteiger partial charge in [-0.05, 0) is 18.1 Å². The number of aliphatic hydroxyl groups is 1. The van der Waals surface area contributed by atoms with Crippen molar-refractivity contribution >= 4 is 19.5 Å². The largest absolute Gasteiger partial charge is 0.390 e. The molecule has 2 rings (SSSR count). The molecular formula is C21H26O3Si. The molecule has 0 aliphatic heterocycles. The quantitative estimate of drug-likeness (QED) is 0.427. The third-order valence-corrected chi connectivity index (χ3v) is 8.20. The molecule has 0 spiro atoms. The average Bonchev–Trinajstić information content (AvgIpc) is 2.63. The van der Waals surface area contributed by atoms with Crippen LogP contribution >= 0.6 is 0 Å². The predicted molar refractivity (Wildman–Crippen MR) is 104 cm³/mol. The molecule has 0 aliphatic rings. The Kier molecular flexibility index (Phi) is 7.31. The molecule has 4 heteroatoms. The second-order valence-electron chi connectivity index (χ2n) is 6.68. The minimum Gasteiger partial charge on any atom is -0.390 e. The highest BCUT2D eigenvalue weighted by molar-refractivity contribution is 6.95. The van der Waals surface area contributed by atoms with Gasteiger partial charge in [0.2, 0.25) is 0 Å². The summed E-state index contributed by atoms with van der Waals surface area (Å²) >= 11 is 0. The first kappa shape index (κ1) is 19.3. The van der Waals surface area contributed by atoms with Crippen LogP contribution in [0, 0.1) is 0 Å². The second kappa shape index (κ2) is 9.46. The standard InChI is InChI=1S/C21H26O3Si/c1-25(2,20-11-7-4-8-12-20)21(13-14-22)15-19(23)17-24-16-18-9-5-3-6-10-18/h3-14,19,23H,15-17H2,1-2H3/b21-13+. The van der Waals surface area contributed by atoms with Gasteiger partial charge in [0.05, 0.1) is 19.3 Å². The fourth-order valence-electron chi connectivity index (χ4n) is 2.85. The molecule has 1 N–H and O–H groups in total. The third kappa shape index (κ3) is 5.78. The van der Waals surface area contributed by atoms with E-state index in [0.717, 1.165) is 17.0 Å². The minimum atomic E-state index is -1.98. The van der Waals surface area contributed by atoms with E-state index in [1.807, 2.05) is 48.5 Å². The lowest BCUT2D eigenvalue weighted by atomic mass is 10.2. The van der Waals surface area contributed by atoms with Crippen LogP contribution in [-0.4, -0.2) is 32.2 Å². The molecule has 0 fully saturated rings.